The Hall–Kier alpha value is -1.92. The van der Waals surface area contributed by atoms with E-state index in [-0.39, 0.29) is 11.8 Å². The summed E-state index contributed by atoms with van der Waals surface area (Å²) in [7, 11) is 1.65. The maximum absolute atomic E-state index is 12.8. The lowest BCUT2D eigenvalue weighted by Crippen LogP contribution is -2.47. The Bertz CT molecular complexity index is 571. The van der Waals surface area contributed by atoms with E-state index in [1.807, 2.05) is 36.1 Å². The molecule has 0 saturated carbocycles. The quantitative estimate of drug-likeness (QED) is 0.720. The van der Waals surface area contributed by atoms with E-state index in [2.05, 4.69) is 5.32 Å². The highest BCUT2D eigenvalue weighted by Crippen LogP contribution is 2.10. The molecule has 1 aromatic rings. The number of amides is 2. The average Bonchev–Trinajstić information content (AvgIpc) is 2.64. The Morgan fingerprint density at radius 1 is 1.24 bits per heavy atom. The third-order valence-corrected chi connectivity index (χ3v) is 4.39. The molecule has 138 valence electrons. The molecule has 1 aromatic carbocycles. The third-order valence-electron chi connectivity index (χ3n) is 4.39. The second-order valence-corrected chi connectivity index (χ2v) is 6.39. The van der Waals surface area contributed by atoms with Crippen LogP contribution >= 0.6 is 0 Å². The smallest absolute Gasteiger partial charge is 0.253 e. The number of nitrogens with zero attached hydrogens (tertiary/aromatic N) is 2. The molecule has 1 saturated heterocycles. The molecule has 0 aliphatic carbocycles. The first-order valence-electron chi connectivity index (χ1n) is 8.95. The molecule has 1 fully saturated rings. The summed E-state index contributed by atoms with van der Waals surface area (Å²) in [4.78, 5) is 28.9. The Morgan fingerprint density at radius 2 is 2.00 bits per heavy atom. The van der Waals surface area contributed by atoms with Crippen molar-refractivity contribution in [2.45, 2.75) is 19.8 Å². The van der Waals surface area contributed by atoms with Crippen molar-refractivity contribution in [3.63, 3.8) is 0 Å². The van der Waals surface area contributed by atoms with Crippen molar-refractivity contribution < 1.29 is 14.3 Å². The topological polar surface area (TPSA) is 61.9 Å². The number of aryl methyl sites for hydroxylation is 1. The van der Waals surface area contributed by atoms with E-state index in [4.69, 9.17) is 4.74 Å². The molecule has 0 atom stereocenters. The summed E-state index contributed by atoms with van der Waals surface area (Å²) in [5, 5.41) is 3.24. The number of benzene rings is 1. The van der Waals surface area contributed by atoms with Gasteiger partial charge in [0.25, 0.3) is 5.91 Å². The van der Waals surface area contributed by atoms with E-state index in [0.717, 1.165) is 38.2 Å². The van der Waals surface area contributed by atoms with Crippen LogP contribution in [0.3, 0.4) is 0 Å². The number of ether oxygens (including phenoxy) is 1. The molecule has 25 heavy (non-hydrogen) atoms. The molecule has 1 aliphatic rings. The van der Waals surface area contributed by atoms with Crippen molar-refractivity contribution in [3.8, 4) is 0 Å². The molecule has 2 amide bonds. The molecular formula is C19H29N3O3. The van der Waals surface area contributed by atoms with Crippen LogP contribution in [0.2, 0.25) is 0 Å². The molecular weight excluding hydrogens is 318 g/mol. The average molecular weight is 347 g/mol. The molecule has 1 aliphatic heterocycles. The van der Waals surface area contributed by atoms with Crippen LogP contribution in [0.25, 0.3) is 0 Å². The fourth-order valence-electron chi connectivity index (χ4n) is 2.98. The number of piperazine rings is 1. The summed E-state index contributed by atoms with van der Waals surface area (Å²) in [6.45, 7) is 6.78. The number of carbonyl (C=O) groups excluding carboxylic acids is 2. The van der Waals surface area contributed by atoms with Gasteiger partial charge >= 0.3 is 0 Å². The van der Waals surface area contributed by atoms with Gasteiger partial charge in [-0.2, -0.15) is 0 Å². The van der Waals surface area contributed by atoms with Crippen LogP contribution in [0.4, 0.5) is 0 Å². The highest BCUT2D eigenvalue weighted by Gasteiger charge is 2.20. The molecule has 1 heterocycles. The first-order valence-corrected chi connectivity index (χ1v) is 8.95. The van der Waals surface area contributed by atoms with Crippen LogP contribution in [0, 0.1) is 6.92 Å². The van der Waals surface area contributed by atoms with Crippen molar-refractivity contribution in [2.75, 3.05) is 53.0 Å². The normalized spacial score (nSPS) is 14.4. The largest absolute Gasteiger partial charge is 0.385 e. The Labute approximate surface area is 150 Å². The Kier molecular flexibility index (Phi) is 7.88. The van der Waals surface area contributed by atoms with E-state index in [0.29, 0.717) is 31.7 Å². The van der Waals surface area contributed by atoms with Crippen LogP contribution in [0.1, 0.15) is 28.8 Å². The molecule has 0 radical (unpaired) electrons. The third kappa shape index (κ3) is 6.14. The molecule has 6 nitrogen and oxygen atoms in total. The van der Waals surface area contributed by atoms with Crippen molar-refractivity contribution in [3.05, 3.63) is 35.4 Å². The van der Waals surface area contributed by atoms with Gasteiger partial charge in [0.15, 0.2) is 0 Å². The number of nitrogens with one attached hydrogen (secondary N) is 1. The SMILES string of the molecule is COCCCN(CCC(=O)N1CCNCC1)C(=O)c1cccc(C)c1. The minimum atomic E-state index is -0.0205. The number of rotatable bonds is 8. The van der Waals surface area contributed by atoms with Gasteiger partial charge in [-0.25, -0.2) is 0 Å². The molecule has 0 bridgehead atoms. The van der Waals surface area contributed by atoms with Gasteiger partial charge in [-0.15, -0.1) is 0 Å². The number of hydrogen-bond donors (Lipinski definition) is 1. The van der Waals surface area contributed by atoms with Gasteiger partial charge in [0.05, 0.1) is 0 Å². The molecule has 1 N–H and O–H groups in total. The van der Waals surface area contributed by atoms with Crippen molar-refractivity contribution in [2.24, 2.45) is 0 Å². The van der Waals surface area contributed by atoms with Gasteiger partial charge < -0.3 is 19.9 Å². The van der Waals surface area contributed by atoms with Gasteiger partial charge in [0.1, 0.15) is 0 Å². The van der Waals surface area contributed by atoms with Crippen LogP contribution in [0.5, 0.6) is 0 Å². The second kappa shape index (κ2) is 10.2. The summed E-state index contributed by atoms with van der Waals surface area (Å²) in [6, 6.07) is 7.59. The lowest BCUT2D eigenvalue weighted by atomic mass is 10.1. The van der Waals surface area contributed by atoms with Gasteiger partial charge in [-0.05, 0) is 25.5 Å². The maximum Gasteiger partial charge on any atom is 0.253 e. The van der Waals surface area contributed by atoms with E-state index < -0.39 is 0 Å². The summed E-state index contributed by atoms with van der Waals surface area (Å²) >= 11 is 0. The summed E-state index contributed by atoms with van der Waals surface area (Å²) in [5.74, 6) is 0.100. The van der Waals surface area contributed by atoms with E-state index in [9.17, 15) is 9.59 Å². The minimum absolute atomic E-state index is 0.0205. The van der Waals surface area contributed by atoms with Gasteiger partial charge in [-0.3, -0.25) is 9.59 Å². The van der Waals surface area contributed by atoms with Crippen molar-refractivity contribution >= 4 is 11.8 Å². The van der Waals surface area contributed by atoms with Crippen LogP contribution in [0.15, 0.2) is 24.3 Å². The van der Waals surface area contributed by atoms with E-state index in [1.165, 1.54) is 0 Å². The van der Waals surface area contributed by atoms with Gasteiger partial charge in [-0.1, -0.05) is 17.7 Å². The van der Waals surface area contributed by atoms with Gasteiger partial charge in [0.2, 0.25) is 5.91 Å². The van der Waals surface area contributed by atoms with E-state index in [1.54, 1.807) is 12.0 Å². The molecule has 0 aromatic heterocycles. The fraction of sp³-hybridized carbons (Fsp3) is 0.579. The zero-order valence-electron chi connectivity index (χ0n) is 15.3. The lowest BCUT2D eigenvalue weighted by Gasteiger charge is -2.29. The summed E-state index contributed by atoms with van der Waals surface area (Å²) in [5.41, 5.74) is 1.73. The highest BCUT2D eigenvalue weighted by atomic mass is 16.5. The van der Waals surface area contributed by atoms with Gasteiger partial charge in [0, 0.05) is 65.0 Å². The van der Waals surface area contributed by atoms with Crippen molar-refractivity contribution in [1.29, 1.82) is 0 Å². The monoisotopic (exact) mass is 347 g/mol. The van der Waals surface area contributed by atoms with Crippen molar-refractivity contribution in [1.82, 2.24) is 15.1 Å². The zero-order valence-corrected chi connectivity index (χ0v) is 15.3. The number of methoxy groups -OCH3 is 1. The maximum atomic E-state index is 12.8. The minimum Gasteiger partial charge on any atom is -0.385 e. The predicted molar refractivity (Wildman–Crippen MR) is 97.6 cm³/mol. The predicted octanol–water partition coefficient (Wildman–Crippen LogP) is 1.30. The molecule has 6 heteroatoms. The van der Waals surface area contributed by atoms with Crippen LogP contribution < -0.4 is 5.32 Å². The summed E-state index contributed by atoms with van der Waals surface area (Å²) < 4.78 is 5.10. The molecule has 0 unspecified atom stereocenters. The Morgan fingerprint density at radius 3 is 2.68 bits per heavy atom. The number of carbonyl (C=O) groups is 2. The standard InChI is InChI=1S/C19H29N3O3/c1-16-5-3-6-17(15-16)19(24)22(10-4-14-25-2)11-7-18(23)21-12-8-20-9-13-21/h3,5-6,15,20H,4,7-14H2,1-2H3. The lowest BCUT2D eigenvalue weighted by molar-refractivity contribution is -0.131. The first-order chi connectivity index (χ1) is 12.1. The summed E-state index contributed by atoms with van der Waals surface area (Å²) in [6.07, 6.45) is 1.13. The second-order valence-electron chi connectivity index (χ2n) is 6.39. The molecule has 2 rings (SSSR count). The highest BCUT2D eigenvalue weighted by molar-refractivity contribution is 5.94. The first kappa shape index (κ1) is 19.4. The zero-order chi connectivity index (χ0) is 18.1. The fourth-order valence-corrected chi connectivity index (χ4v) is 2.98. The molecule has 0 spiro atoms. The van der Waals surface area contributed by atoms with Crippen LogP contribution in [-0.4, -0.2) is 74.6 Å². The number of hydrogen-bond acceptors (Lipinski definition) is 4. The Balaban J connectivity index is 1.96. The van der Waals surface area contributed by atoms with Crippen LogP contribution in [-0.2, 0) is 9.53 Å². The van der Waals surface area contributed by atoms with E-state index >= 15 is 0 Å².